The van der Waals surface area contributed by atoms with Crippen molar-refractivity contribution >= 4 is 23.3 Å². The molecule has 0 saturated heterocycles. The van der Waals surface area contributed by atoms with Crippen LogP contribution in [0, 0.1) is 0 Å². The first-order valence-electron chi connectivity index (χ1n) is 3.84. The second-order valence-corrected chi connectivity index (χ2v) is 2.60. The van der Waals surface area contributed by atoms with Gasteiger partial charge in [0.1, 0.15) is 0 Å². The fourth-order valence-electron chi connectivity index (χ4n) is 1.23. The van der Waals surface area contributed by atoms with Crippen LogP contribution in [0.2, 0.25) is 0 Å². The predicted octanol–water partition coefficient (Wildman–Crippen LogP) is 1.35. The summed E-state index contributed by atoms with van der Waals surface area (Å²) in [7, 11) is 1.49. The van der Waals surface area contributed by atoms with Crippen molar-refractivity contribution in [3.05, 3.63) is 34.7 Å². The number of halogens is 1. The number of hydrogen-bond donors (Lipinski definition) is 1. The average Bonchev–Trinajstić information content (AvgIpc) is 2.16. The minimum atomic E-state index is -0.393. The van der Waals surface area contributed by atoms with Gasteiger partial charge in [-0.1, -0.05) is 12.1 Å². The summed E-state index contributed by atoms with van der Waals surface area (Å²) in [5.74, 6) is 0.361. The van der Waals surface area contributed by atoms with Crippen LogP contribution in [0.5, 0.6) is 5.88 Å². The van der Waals surface area contributed by atoms with E-state index in [0.29, 0.717) is 5.88 Å². The van der Waals surface area contributed by atoms with E-state index in [1.807, 2.05) is 18.2 Å². The van der Waals surface area contributed by atoms with Crippen LogP contribution in [0.25, 0.3) is 10.9 Å². The van der Waals surface area contributed by atoms with Gasteiger partial charge >= 0.3 is 5.69 Å². The predicted molar refractivity (Wildman–Crippen MR) is 56.2 cm³/mol. The Morgan fingerprint density at radius 2 is 2.07 bits per heavy atom. The van der Waals surface area contributed by atoms with E-state index < -0.39 is 5.69 Å². The number of methoxy groups -OCH3 is 1. The minimum absolute atomic E-state index is 0. The average molecular weight is 213 g/mol. The molecule has 0 unspecified atom stereocenters. The van der Waals surface area contributed by atoms with Crippen LogP contribution in [0.4, 0.5) is 0 Å². The molecule has 74 valence electrons. The Hall–Kier alpha value is -1.55. The molecule has 1 N–H and O–H groups in total. The number of aromatic nitrogens is 2. The Kier molecular flexibility index (Phi) is 3.09. The third kappa shape index (κ3) is 1.70. The van der Waals surface area contributed by atoms with Crippen molar-refractivity contribution in [1.29, 1.82) is 0 Å². The number of benzene rings is 1. The standard InChI is InChI=1S/C9H8N2O2.ClH/c1-13-8-6-4-2-3-5-7(6)10-9(12)11-8;/h2-5H,1H3,(H,10,11,12);1H. The van der Waals surface area contributed by atoms with Crippen molar-refractivity contribution in [2.45, 2.75) is 0 Å². The summed E-state index contributed by atoms with van der Waals surface area (Å²) in [6.45, 7) is 0. The van der Waals surface area contributed by atoms with Gasteiger partial charge in [0.2, 0.25) is 5.88 Å². The highest BCUT2D eigenvalue weighted by atomic mass is 35.5. The molecule has 0 bridgehead atoms. The quantitative estimate of drug-likeness (QED) is 0.777. The van der Waals surface area contributed by atoms with Gasteiger partial charge in [-0.05, 0) is 12.1 Å². The van der Waals surface area contributed by atoms with Crippen LogP contribution in [0.15, 0.2) is 29.1 Å². The summed E-state index contributed by atoms with van der Waals surface area (Å²) in [6, 6.07) is 7.36. The van der Waals surface area contributed by atoms with E-state index >= 15 is 0 Å². The van der Waals surface area contributed by atoms with Crippen molar-refractivity contribution in [3.8, 4) is 5.88 Å². The number of para-hydroxylation sites is 1. The molecule has 0 atom stereocenters. The van der Waals surface area contributed by atoms with Gasteiger partial charge in [-0.15, -0.1) is 12.4 Å². The van der Waals surface area contributed by atoms with E-state index in [0.717, 1.165) is 10.9 Å². The molecule has 0 fully saturated rings. The lowest BCUT2D eigenvalue weighted by Crippen LogP contribution is -2.11. The SMILES string of the molecule is COc1nc(=O)[nH]c2ccccc12.Cl. The van der Waals surface area contributed by atoms with E-state index in [2.05, 4.69) is 9.97 Å². The number of aromatic amines is 1. The van der Waals surface area contributed by atoms with E-state index in [1.54, 1.807) is 6.07 Å². The fraction of sp³-hybridized carbons (Fsp3) is 0.111. The zero-order chi connectivity index (χ0) is 9.26. The van der Waals surface area contributed by atoms with Crippen LogP contribution in [0.3, 0.4) is 0 Å². The van der Waals surface area contributed by atoms with Crippen molar-refractivity contribution in [2.24, 2.45) is 0 Å². The topological polar surface area (TPSA) is 55.0 Å². The number of nitrogens with zero attached hydrogens (tertiary/aromatic N) is 1. The van der Waals surface area contributed by atoms with Gasteiger partial charge in [-0.25, -0.2) is 4.79 Å². The number of nitrogens with one attached hydrogen (secondary N) is 1. The molecule has 0 saturated carbocycles. The molecule has 0 aliphatic heterocycles. The number of hydrogen-bond acceptors (Lipinski definition) is 3. The van der Waals surface area contributed by atoms with Gasteiger partial charge in [-0.2, -0.15) is 4.98 Å². The van der Waals surface area contributed by atoms with Gasteiger partial charge in [0.25, 0.3) is 0 Å². The molecule has 0 aliphatic rings. The third-order valence-electron chi connectivity index (χ3n) is 1.80. The van der Waals surface area contributed by atoms with Gasteiger partial charge in [-0.3, -0.25) is 0 Å². The molecule has 1 aromatic heterocycles. The molecular formula is C9H9ClN2O2. The molecule has 0 spiro atoms. The Morgan fingerprint density at radius 3 is 2.79 bits per heavy atom. The molecular weight excluding hydrogens is 204 g/mol. The summed E-state index contributed by atoms with van der Waals surface area (Å²) in [4.78, 5) is 17.3. The van der Waals surface area contributed by atoms with Gasteiger partial charge in [0.05, 0.1) is 18.0 Å². The summed E-state index contributed by atoms with van der Waals surface area (Å²) < 4.78 is 4.98. The molecule has 0 aliphatic carbocycles. The first-order valence-corrected chi connectivity index (χ1v) is 3.84. The number of H-pyrrole nitrogens is 1. The summed E-state index contributed by atoms with van der Waals surface area (Å²) >= 11 is 0. The van der Waals surface area contributed by atoms with Gasteiger partial charge in [0.15, 0.2) is 0 Å². The van der Waals surface area contributed by atoms with E-state index in [4.69, 9.17) is 4.74 Å². The van der Waals surface area contributed by atoms with Crippen LogP contribution in [-0.2, 0) is 0 Å². The second-order valence-electron chi connectivity index (χ2n) is 2.60. The molecule has 1 aromatic carbocycles. The van der Waals surface area contributed by atoms with Gasteiger partial charge in [0, 0.05) is 0 Å². The molecule has 2 aromatic rings. The van der Waals surface area contributed by atoms with Gasteiger partial charge < -0.3 is 9.72 Å². The summed E-state index contributed by atoms with van der Waals surface area (Å²) in [6.07, 6.45) is 0. The first-order chi connectivity index (χ1) is 6.31. The van der Waals surface area contributed by atoms with Crippen LogP contribution in [-0.4, -0.2) is 17.1 Å². The summed E-state index contributed by atoms with van der Waals surface area (Å²) in [5, 5.41) is 0.810. The third-order valence-corrected chi connectivity index (χ3v) is 1.80. The van der Waals surface area contributed by atoms with Crippen LogP contribution in [0.1, 0.15) is 0 Å². The lowest BCUT2D eigenvalue weighted by Gasteiger charge is -2.01. The lowest BCUT2D eigenvalue weighted by molar-refractivity contribution is 0.401. The zero-order valence-corrected chi connectivity index (χ0v) is 8.30. The molecule has 1 heterocycles. The van der Waals surface area contributed by atoms with E-state index in [1.165, 1.54) is 7.11 Å². The van der Waals surface area contributed by atoms with Crippen LogP contribution >= 0.6 is 12.4 Å². The number of fused-ring (bicyclic) bond motifs is 1. The normalized spacial score (nSPS) is 9.50. The van der Waals surface area contributed by atoms with E-state index in [-0.39, 0.29) is 12.4 Å². The molecule has 0 amide bonds. The molecule has 2 rings (SSSR count). The second kappa shape index (κ2) is 4.11. The Morgan fingerprint density at radius 1 is 1.36 bits per heavy atom. The minimum Gasteiger partial charge on any atom is -0.480 e. The van der Waals surface area contributed by atoms with Crippen molar-refractivity contribution in [1.82, 2.24) is 9.97 Å². The number of ether oxygens (including phenoxy) is 1. The lowest BCUT2D eigenvalue weighted by atomic mass is 10.2. The smallest absolute Gasteiger partial charge is 0.348 e. The molecule has 14 heavy (non-hydrogen) atoms. The molecule has 5 heteroatoms. The van der Waals surface area contributed by atoms with Crippen molar-refractivity contribution < 1.29 is 4.74 Å². The largest absolute Gasteiger partial charge is 0.480 e. The van der Waals surface area contributed by atoms with Crippen molar-refractivity contribution in [3.63, 3.8) is 0 Å². The number of rotatable bonds is 1. The highest BCUT2D eigenvalue weighted by molar-refractivity contribution is 5.85. The molecule has 0 radical (unpaired) electrons. The summed E-state index contributed by atoms with van der Waals surface area (Å²) in [5.41, 5.74) is 0.343. The maximum atomic E-state index is 11.0. The first kappa shape index (κ1) is 10.5. The highest BCUT2D eigenvalue weighted by Crippen LogP contribution is 2.18. The van der Waals surface area contributed by atoms with Crippen molar-refractivity contribution in [2.75, 3.05) is 7.11 Å². The maximum absolute atomic E-state index is 11.0. The monoisotopic (exact) mass is 212 g/mol. The Labute approximate surface area is 86.3 Å². The highest BCUT2D eigenvalue weighted by Gasteiger charge is 2.02. The zero-order valence-electron chi connectivity index (χ0n) is 7.48. The van der Waals surface area contributed by atoms with E-state index in [9.17, 15) is 4.79 Å². The Bertz CT molecular complexity index is 495. The Balaban J connectivity index is 0.000000980. The van der Waals surface area contributed by atoms with Crippen LogP contribution < -0.4 is 10.4 Å². The maximum Gasteiger partial charge on any atom is 0.348 e. The molecule has 4 nitrogen and oxygen atoms in total. The fourth-order valence-corrected chi connectivity index (χ4v) is 1.23.